The molecule has 0 bridgehead atoms. The highest BCUT2D eigenvalue weighted by Gasteiger charge is 2.50. The molecule has 1 aliphatic carbocycles. The number of methoxy groups -OCH3 is 1. The number of hydrogen-bond acceptors (Lipinski definition) is 4. The van der Waals surface area contributed by atoms with E-state index >= 15 is 0 Å². The van der Waals surface area contributed by atoms with Crippen molar-refractivity contribution in [1.82, 2.24) is 4.98 Å². The van der Waals surface area contributed by atoms with Crippen LogP contribution in [0.1, 0.15) is 6.42 Å². The van der Waals surface area contributed by atoms with E-state index in [2.05, 4.69) is 9.72 Å². The van der Waals surface area contributed by atoms with E-state index < -0.39 is 0 Å². The summed E-state index contributed by atoms with van der Waals surface area (Å²) in [6.45, 7) is 0. The van der Waals surface area contributed by atoms with Crippen LogP contribution in [0.3, 0.4) is 0 Å². The van der Waals surface area contributed by atoms with Crippen LogP contribution < -0.4 is 4.90 Å². The molecular formula is C12H14N2O3. The molecule has 1 saturated carbocycles. The van der Waals surface area contributed by atoms with Gasteiger partial charge in [0.2, 0.25) is 5.91 Å². The van der Waals surface area contributed by atoms with E-state index in [0.717, 1.165) is 0 Å². The molecule has 0 spiro atoms. The van der Waals surface area contributed by atoms with Gasteiger partial charge in [-0.3, -0.25) is 14.5 Å². The Kier molecular flexibility index (Phi) is 3.08. The number of pyridine rings is 1. The summed E-state index contributed by atoms with van der Waals surface area (Å²) in [6.07, 6.45) is 2.20. The molecule has 1 aromatic rings. The first-order valence-electron chi connectivity index (χ1n) is 5.41. The minimum atomic E-state index is -0.308. The van der Waals surface area contributed by atoms with Crippen LogP contribution in [0, 0.1) is 11.8 Å². The second-order valence-electron chi connectivity index (χ2n) is 4.06. The molecule has 2 atom stereocenters. The monoisotopic (exact) mass is 234 g/mol. The van der Waals surface area contributed by atoms with Crippen molar-refractivity contribution in [3.05, 3.63) is 24.4 Å². The van der Waals surface area contributed by atoms with Crippen LogP contribution in [0.2, 0.25) is 0 Å². The fourth-order valence-corrected chi connectivity index (χ4v) is 1.79. The van der Waals surface area contributed by atoms with Gasteiger partial charge >= 0.3 is 5.97 Å². The maximum Gasteiger partial charge on any atom is 0.309 e. The van der Waals surface area contributed by atoms with Crippen molar-refractivity contribution in [2.24, 2.45) is 11.8 Å². The zero-order chi connectivity index (χ0) is 12.4. The normalized spacial score (nSPS) is 21.8. The average Bonchev–Trinajstić information content (AvgIpc) is 3.17. The fraction of sp³-hybridized carbons (Fsp3) is 0.417. The Morgan fingerprint density at radius 2 is 2.18 bits per heavy atom. The van der Waals surface area contributed by atoms with Gasteiger partial charge in [-0.1, -0.05) is 6.07 Å². The molecule has 90 valence electrons. The number of carbonyl (C=O) groups is 2. The Bertz CT molecular complexity index is 433. The Hall–Kier alpha value is -1.91. The SMILES string of the molecule is COC(=O)[C@H]1C[C@@H]1C(=O)N(C)c1ccccn1. The molecule has 5 nitrogen and oxygen atoms in total. The lowest BCUT2D eigenvalue weighted by Crippen LogP contribution is -2.29. The summed E-state index contributed by atoms with van der Waals surface area (Å²) in [5.74, 6) is -0.335. The van der Waals surface area contributed by atoms with Crippen molar-refractivity contribution in [2.45, 2.75) is 6.42 Å². The first-order valence-corrected chi connectivity index (χ1v) is 5.41. The predicted octanol–water partition coefficient (Wildman–Crippen LogP) is 0.853. The van der Waals surface area contributed by atoms with Gasteiger partial charge in [0.15, 0.2) is 0 Å². The Morgan fingerprint density at radius 3 is 2.76 bits per heavy atom. The standard InChI is InChI=1S/C12H14N2O3/c1-14(10-5-3-4-6-13-10)11(15)8-7-9(8)12(16)17-2/h3-6,8-9H,7H2,1-2H3/t8-,9-/m0/s1. The second kappa shape index (κ2) is 4.53. The Labute approximate surface area is 99.4 Å². The third-order valence-corrected chi connectivity index (χ3v) is 2.94. The molecule has 2 rings (SSSR count). The van der Waals surface area contributed by atoms with Crippen molar-refractivity contribution in [2.75, 3.05) is 19.1 Å². The van der Waals surface area contributed by atoms with Crippen molar-refractivity contribution in [3.8, 4) is 0 Å². The van der Waals surface area contributed by atoms with Gasteiger partial charge in [-0.25, -0.2) is 4.98 Å². The van der Waals surface area contributed by atoms with Gasteiger partial charge < -0.3 is 4.74 Å². The van der Waals surface area contributed by atoms with Crippen LogP contribution in [0.15, 0.2) is 24.4 Å². The van der Waals surface area contributed by atoms with E-state index in [1.165, 1.54) is 12.0 Å². The van der Waals surface area contributed by atoms with E-state index in [1.54, 1.807) is 25.4 Å². The zero-order valence-electron chi connectivity index (χ0n) is 9.79. The average molecular weight is 234 g/mol. The summed E-state index contributed by atoms with van der Waals surface area (Å²) in [5.41, 5.74) is 0. The topological polar surface area (TPSA) is 59.5 Å². The molecule has 0 saturated heterocycles. The van der Waals surface area contributed by atoms with Gasteiger partial charge in [0, 0.05) is 13.2 Å². The quantitative estimate of drug-likeness (QED) is 0.727. The molecule has 0 N–H and O–H groups in total. The number of amides is 1. The van der Waals surface area contributed by atoms with E-state index in [0.29, 0.717) is 12.2 Å². The molecule has 0 radical (unpaired) electrons. The molecule has 1 fully saturated rings. The Morgan fingerprint density at radius 1 is 1.41 bits per heavy atom. The number of carbonyl (C=O) groups excluding carboxylic acids is 2. The van der Waals surface area contributed by atoms with Crippen LogP contribution >= 0.6 is 0 Å². The number of anilines is 1. The van der Waals surface area contributed by atoms with Crippen LogP contribution in [-0.2, 0) is 14.3 Å². The number of hydrogen-bond donors (Lipinski definition) is 0. The summed E-state index contributed by atoms with van der Waals surface area (Å²) < 4.78 is 4.61. The highest BCUT2D eigenvalue weighted by atomic mass is 16.5. The summed E-state index contributed by atoms with van der Waals surface area (Å²) in [4.78, 5) is 28.8. The van der Waals surface area contributed by atoms with Crippen LogP contribution in [0.4, 0.5) is 5.82 Å². The lowest BCUT2D eigenvalue weighted by atomic mass is 10.3. The molecule has 1 amide bonds. The first kappa shape index (κ1) is 11.6. The minimum absolute atomic E-state index is 0.0842. The molecule has 0 aliphatic heterocycles. The highest BCUT2D eigenvalue weighted by molar-refractivity contribution is 5.99. The van der Waals surface area contributed by atoms with Crippen molar-refractivity contribution in [3.63, 3.8) is 0 Å². The smallest absolute Gasteiger partial charge is 0.309 e. The van der Waals surface area contributed by atoms with Crippen LogP contribution in [0.25, 0.3) is 0 Å². The largest absolute Gasteiger partial charge is 0.469 e. The maximum atomic E-state index is 12.0. The molecule has 1 aromatic heterocycles. The molecule has 1 aliphatic rings. The van der Waals surface area contributed by atoms with Crippen molar-refractivity contribution < 1.29 is 14.3 Å². The van der Waals surface area contributed by atoms with Gasteiger partial charge in [0.1, 0.15) is 5.82 Å². The van der Waals surface area contributed by atoms with Crippen molar-refractivity contribution in [1.29, 1.82) is 0 Å². The summed E-state index contributed by atoms with van der Waals surface area (Å²) in [6, 6.07) is 5.36. The third kappa shape index (κ3) is 2.27. The summed E-state index contributed by atoms with van der Waals surface area (Å²) in [7, 11) is 3.00. The number of esters is 1. The van der Waals surface area contributed by atoms with Gasteiger partial charge in [0.05, 0.1) is 18.9 Å². The third-order valence-electron chi connectivity index (χ3n) is 2.94. The predicted molar refractivity (Wildman–Crippen MR) is 61.3 cm³/mol. The first-order chi connectivity index (χ1) is 8.15. The minimum Gasteiger partial charge on any atom is -0.469 e. The summed E-state index contributed by atoms with van der Waals surface area (Å²) >= 11 is 0. The van der Waals surface area contributed by atoms with E-state index in [4.69, 9.17) is 0 Å². The second-order valence-corrected chi connectivity index (χ2v) is 4.06. The molecule has 1 heterocycles. The summed E-state index contributed by atoms with van der Waals surface area (Å²) in [5, 5.41) is 0. The van der Waals surface area contributed by atoms with Crippen molar-refractivity contribution >= 4 is 17.7 Å². The van der Waals surface area contributed by atoms with Crippen LogP contribution in [-0.4, -0.2) is 31.0 Å². The van der Waals surface area contributed by atoms with E-state index in [-0.39, 0.29) is 23.7 Å². The molecule has 17 heavy (non-hydrogen) atoms. The highest BCUT2D eigenvalue weighted by Crippen LogP contribution is 2.41. The molecule has 5 heteroatoms. The van der Waals surface area contributed by atoms with Crippen LogP contribution in [0.5, 0.6) is 0 Å². The lowest BCUT2D eigenvalue weighted by molar-refractivity contribution is -0.143. The van der Waals surface area contributed by atoms with Gasteiger partial charge in [-0.15, -0.1) is 0 Å². The number of ether oxygens (including phenoxy) is 1. The lowest BCUT2D eigenvalue weighted by Gasteiger charge is -2.15. The maximum absolute atomic E-state index is 12.0. The zero-order valence-corrected chi connectivity index (χ0v) is 9.79. The Balaban J connectivity index is 2.01. The van der Waals surface area contributed by atoms with Gasteiger partial charge in [0.25, 0.3) is 0 Å². The van der Waals surface area contributed by atoms with E-state index in [9.17, 15) is 9.59 Å². The molecular weight excluding hydrogens is 220 g/mol. The van der Waals surface area contributed by atoms with E-state index in [1.807, 2.05) is 6.07 Å². The number of aromatic nitrogens is 1. The number of rotatable bonds is 3. The molecule has 0 aromatic carbocycles. The number of nitrogens with zero attached hydrogens (tertiary/aromatic N) is 2. The fourth-order valence-electron chi connectivity index (χ4n) is 1.79. The van der Waals surface area contributed by atoms with Gasteiger partial charge in [-0.05, 0) is 18.6 Å². The molecule has 0 unspecified atom stereocenters. The van der Waals surface area contributed by atoms with Gasteiger partial charge in [-0.2, -0.15) is 0 Å².